The van der Waals surface area contributed by atoms with Gasteiger partial charge in [0.2, 0.25) is 11.9 Å². The number of benzene rings is 2. The van der Waals surface area contributed by atoms with E-state index in [1.165, 1.54) is 36.8 Å². The predicted molar refractivity (Wildman–Crippen MR) is 195 cm³/mol. The molecule has 2 aromatic carbocycles. The number of hydrogen-bond donors (Lipinski definition) is 4. The average molecular weight is 655 g/mol. The lowest BCUT2D eigenvalue weighted by Gasteiger charge is -2.37. The molecule has 0 bridgehead atoms. The van der Waals surface area contributed by atoms with Gasteiger partial charge in [-0.1, -0.05) is 24.3 Å². The van der Waals surface area contributed by atoms with Gasteiger partial charge in [0.05, 0.1) is 14.2 Å². The van der Waals surface area contributed by atoms with E-state index in [0.717, 1.165) is 73.5 Å². The number of methoxy groups -OCH3 is 2. The van der Waals surface area contributed by atoms with E-state index < -0.39 is 0 Å². The van der Waals surface area contributed by atoms with Crippen LogP contribution >= 0.6 is 0 Å². The first-order chi connectivity index (χ1) is 23.4. The highest BCUT2D eigenvalue weighted by molar-refractivity contribution is 5.54. The van der Waals surface area contributed by atoms with Gasteiger partial charge in [-0.3, -0.25) is 0 Å². The minimum atomic E-state index is 0.311. The van der Waals surface area contributed by atoms with E-state index in [4.69, 9.17) is 20.9 Å². The highest BCUT2D eigenvalue weighted by Crippen LogP contribution is 2.29. The van der Waals surface area contributed by atoms with E-state index in [1.54, 1.807) is 14.2 Å². The molecular formula is C36H50N10O2. The van der Waals surface area contributed by atoms with Crippen LogP contribution in [0, 0.1) is 0 Å². The van der Waals surface area contributed by atoms with Gasteiger partial charge in [0.25, 0.3) is 0 Å². The molecule has 12 heteroatoms. The van der Waals surface area contributed by atoms with Crippen molar-refractivity contribution in [1.29, 1.82) is 0 Å². The molecule has 0 amide bonds. The Morgan fingerprint density at radius 2 is 1.02 bits per heavy atom. The maximum absolute atomic E-state index is 5.87. The molecule has 256 valence electrons. The van der Waals surface area contributed by atoms with E-state index in [-0.39, 0.29) is 0 Å². The molecule has 2 saturated heterocycles. The number of nitrogen functional groups attached to an aromatic ring is 2. The second-order valence-corrected chi connectivity index (χ2v) is 12.2. The summed E-state index contributed by atoms with van der Waals surface area (Å²) in [5.74, 6) is 5.73. The van der Waals surface area contributed by atoms with E-state index in [1.807, 2.05) is 50.5 Å². The topological polar surface area (TPSA) is 153 Å². The summed E-state index contributed by atoms with van der Waals surface area (Å²) in [4.78, 5) is 22.0. The average Bonchev–Trinajstić information content (AvgIpc) is 3.12. The quantitative estimate of drug-likeness (QED) is 0.173. The molecule has 6 rings (SSSR count). The summed E-state index contributed by atoms with van der Waals surface area (Å²) in [5.41, 5.74) is 14.4. The minimum Gasteiger partial charge on any atom is -0.497 e. The lowest BCUT2D eigenvalue weighted by atomic mass is 9.95. The molecule has 6 N–H and O–H groups in total. The van der Waals surface area contributed by atoms with Gasteiger partial charge in [-0.05, 0) is 86.8 Å². The normalized spacial score (nSPS) is 17.6. The van der Waals surface area contributed by atoms with Gasteiger partial charge < -0.3 is 41.4 Å². The van der Waals surface area contributed by atoms with Crippen LogP contribution in [-0.4, -0.2) is 73.4 Å². The van der Waals surface area contributed by atoms with Crippen molar-refractivity contribution in [3.05, 3.63) is 71.8 Å². The number of nitrogens with zero attached hydrogens (tertiary/aromatic N) is 6. The number of aromatic nitrogens is 4. The van der Waals surface area contributed by atoms with Crippen LogP contribution < -0.4 is 41.4 Å². The van der Waals surface area contributed by atoms with Crippen LogP contribution in [0.5, 0.6) is 11.5 Å². The summed E-state index contributed by atoms with van der Waals surface area (Å²) >= 11 is 0. The second kappa shape index (κ2) is 16.7. The van der Waals surface area contributed by atoms with Gasteiger partial charge in [-0.2, -0.15) is 19.9 Å². The van der Waals surface area contributed by atoms with Gasteiger partial charge in [0.15, 0.2) is 0 Å². The number of ether oxygens (including phenoxy) is 2. The molecule has 0 aliphatic carbocycles. The second-order valence-electron chi connectivity index (χ2n) is 12.2. The van der Waals surface area contributed by atoms with E-state index in [0.29, 0.717) is 24.0 Å². The largest absolute Gasteiger partial charge is 0.497 e. The molecule has 0 radical (unpaired) electrons. The van der Waals surface area contributed by atoms with Crippen LogP contribution in [0.15, 0.2) is 60.7 Å². The Hall–Kier alpha value is -5.00. The van der Waals surface area contributed by atoms with Gasteiger partial charge in [0, 0.05) is 51.4 Å². The number of piperidine rings is 2. The Balaban J connectivity index is 0.000000188. The van der Waals surface area contributed by atoms with E-state index >= 15 is 0 Å². The molecule has 2 atom stereocenters. The van der Waals surface area contributed by atoms with Crippen LogP contribution in [0.4, 0.5) is 35.2 Å². The third-order valence-corrected chi connectivity index (χ3v) is 9.08. The molecule has 0 saturated carbocycles. The van der Waals surface area contributed by atoms with Crippen molar-refractivity contribution >= 4 is 35.2 Å². The molecule has 0 unspecified atom stereocenters. The van der Waals surface area contributed by atoms with Crippen LogP contribution in [-0.2, 0) is 12.8 Å². The highest BCUT2D eigenvalue weighted by Gasteiger charge is 2.26. The number of anilines is 6. The number of rotatable bonds is 10. The lowest BCUT2D eigenvalue weighted by molar-refractivity contribution is 0.414. The van der Waals surface area contributed by atoms with Crippen LogP contribution in [0.3, 0.4) is 0 Å². The third kappa shape index (κ3) is 9.08. The summed E-state index contributed by atoms with van der Waals surface area (Å²) in [5, 5.41) is 6.11. The van der Waals surface area contributed by atoms with Gasteiger partial charge in [-0.15, -0.1) is 0 Å². The molecule has 12 nitrogen and oxygen atoms in total. The number of nitrogens with two attached hydrogens (primary N) is 2. The zero-order valence-electron chi connectivity index (χ0n) is 28.7. The van der Waals surface area contributed by atoms with Crippen molar-refractivity contribution in [3.8, 4) is 11.5 Å². The molecule has 2 fully saturated rings. The maximum Gasteiger partial charge on any atom is 0.223 e. The predicted octanol–water partition coefficient (Wildman–Crippen LogP) is 5.42. The molecule has 48 heavy (non-hydrogen) atoms. The fourth-order valence-electron chi connectivity index (χ4n) is 6.55. The first kappa shape index (κ1) is 34.3. The van der Waals surface area contributed by atoms with E-state index in [2.05, 4.69) is 64.6 Å². The smallest absolute Gasteiger partial charge is 0.223 e. The first-order valence-corrected chi connectivity index (χ1v) is 16.8. The molecule has 4 aromatic rings. The summed E-state index contributed by atoms with van der Waals surface area (Å²) in [7, 11) is 7.07. The molecule has 2 aromatic heterocycles. The summed E-state index contributed by atoms with van der Waals surface area (Å²) < 4.78 is 10.5. The zero-order valence-corrected chi connectivity index (χ0v) is 28.7. The van der Waals surface area contributed by atoms with Crippen molar-refractivity contribution in [1.82, 2.24) is 19.9 Å². The standard InChI is InChI=1S/2C18H25N5O/c2*1-20-16-12-17(22-18(19)21-16)23-10-4-3-5-14(23)11-13-6-8-15(24-2)9-7-13/h2*6-9,12,14H,3-5,10-11H2,1-2H3,(H3,19,20,21,22)/t2*14-/m10/s1. The third-order valence-electron chi connectivity index (χ3n) is 9.08. The lowest BCUT2D eigenvalue weighted by Crippen LogP contribution is -2.41. The van der Waals surface area contributed by atoms with Gasteiger partial charge in [0.1, 0.15) is 34.8 Å². The Kier molecular flexibility index (Phi) is 12.0. The number of hydrogen-bond acceptors (Lipinski definition) is 12. The Bertz CT molecular complexity index is 1470. The summed E-state index contributed by atoms with van der Waals surface area (Å²) in [6.07, 6.45) is 9.14. The monoisotopic (exact) mass is 654 g/mol. The molecular weight excluding hydrogens is 604 g/mol. The van der Waals surface area contributed by atoms with Crippen molar-refractivity contribution in [2.24, 2.45) is 0 Å². The van der Waals surface area contributed by atoms with Crippen LogP contribution in [0.1, 0.15) is 49.7 Å². The van der Waals surface area contributed by atoms with Gasteiger partial charge in [-0.25, -0.2) is 0 Å². The number of nitrogens with one attached hydrogen (secondary N) is 2. The Morgan fingerprint density at radius 1 is 0.625 bits per heavy atom. The SMILES string of the molecule is CNc1cc(N2CCCC[C@@H]2Cc2ccc(OC)cc2)nc(N)n1.CNc1cc(N2CCCC[C@H]2Cc2ccc(OC)cc2)nc(N)n1. The Morgan fingerprint density at radius 3 is 1.38 bits per heavy atom. The zero-order chi connectivity index (χ0) is 33.9. The van der Waals surface area contributed by atoms with E-state index in [9.17, 15) is 0 Å². The van der Waals surface area contributed by atoms with Crippen molar-refractivity contribution < 1.29 is 9.47 Å². The summed E-state index contributed by atoms with van der Waals surface area (Å²) in [6.45, 7) is 2.00. The Labute approximate surface area is 284 Å². The highest BCUT2D eigenvalue weighted by atomic mass is 16.5. The summed E-state index contributed by atoms with van der Waals surface area (Å²) in [6, 6.07) is 21.4. The van der Waals surface area contributed by atoms with Gasteiger partial charge >= 0.3 is 0 Å². The minimum absolute atomic E-state index is 0.311. The molecule has 2 aliphatic rings. The van der Waals surface area contributed by atoms with Crippen molar-refractivity contribution in [2.75, 3.05) is 73.3 Å². The van der Waals surface area contributed by atoms with Crippen molar-refractivity contribution in [2.45, 2.75) is 63.5 Å². The van der Waals surface area contributed by atoms with Crippen LogP contribution in [0.2, 0.25) is 0 Å². The molecule has 2 aliphatic heterocycles. The van der Waals surface area contributed by atoms with Crippen molar-refractivity contribution in [3.63, 3.8) is 0 Å². The molecule has 4 heterocycles. The fourth-order valence-corrected chi connectivity index (χ4v) is 6.55. The van der Waals surface area contributed by atoms with Crippen LogP contribution in [0.25, 0.3) is 0 Å². The first-order valence-electron chi connectivity index (χ1n) is 16.8. The fraction of sp³-hybridized carbons (Fsp3) is 0.444. The maximum atomic E-state index is 5.87. The molecule has 0 spiro atoms.